The lowest BCUT2D eigenvalue weighted by atomic mass is 10.3. The van der Waals surface area contributed by atoms with Gasteiger partial charge in [-0.25, -0.2) is 8.42 Å². The van der Waals surface area contributed by atoms with Crippen LogP contribution >= 0.6 is 11.6 Å². The molecule has 0 saturated carbocycles. The Kier molecular flexibility index (Phi) is 3.82. The maximum absolute atomic E-state index is 12.2. The molecule has 1 fully saturated rings. The normalized spacial score (nSPS) is 21.2. The first-order chi connectivity index (χ1) is 8.45. The number of hydrogen-bond donors (Lipinski definition) is 1. The van der Waals surface area contributed by atoms with Crippen molar-refractivity contribution in [1.82, 2.24) is 4.31 Å². The van der Waals surface area contributed by atoms with Gasteiger partial charge in [-0.05, 0) is 24.6 Å². The number of halogens is 1. The van der Waals surface area contributed by atoms with Gasteiger partial charge in [0.1, 0.15) is 5.75 Å². The van der Waals surface area contributed by atoms with E-state index in [1.165, 1.54) is 29.6 Å². The van der Waals surface area contributed by atoms with Crippen molar-refractivity contribution in [2.75, 3.05) is 20.2 Å². The third-order valence-corrected chi connectivity index (χ3v) is 5.04. The van der Waals surface area contributed by atoms with Crippen molar-refractivity contribution in [2.45, 2.75) is 17.4 Å². The minimum absolute atomic E-state index is 0.113. The molecule has 18 heavy (non-hydrogen) atoms. The first-order valence-corrected chi connectivity index (χ1v) is 7.28. The van der Waals surface area contributed by atoms with Gasteiger partial charge in [0.15, 0.2) is 0 Å². The first kappa shape index (κ1) is 13.6. The van der Waals surface area contributed by atoms with Crippen molar-refractivity contribution >= 4 is 21.6 Å². The largest absolute Gasteiger partial charge is 0.495 e. The molecule has 1 atom stereocenters. The van der Waals surface area contributed by atoms with Crippen molar-refractivity contribution in [1.29, 1.82) is 0 Å². The maximum Gasteiger partial charge on any atom is 0.243 e. The number of hydrogen-bond acceptors (Lipinski definition) is 4. The van der Waals surface area contributed by atoms with Gasteiger partial charge in [-0.1, -0.05) is 11.6 Å². The fraction of sp³-hybridized carbons (Fsp3) is 0.455. The molecule has 0 aromatic heterocycles. The van der Waals surface area contributed by atoms with E-state index < -0.39 is 16.1 Å². The van der Waals surface area contributed by atoms with Crippen LogP contribution in [0.1, 0.15) is 6.42 Å². The molecule has 0 unspecified atom stereocenters. The average Bonchev–Trinajstić information content (AvgIpc) is 2.76. The number of rotatable bonds is 3. The van der Waals surface area contributed by atoms with Gasteiger partial charge < -0.3 is 9.84 Å². The van der Waals surface area contributed by atoms with Crippen LogP contribution in [0.2, 0.25) is 5.02 Å². The van der Waals surface area contributed by atoms with E-state index in [9.17, 15) is 13.5 Å². The van der Waals surface area contributed by atoms with Gasteiger partial charge in [-0.2, -0.15) is 4.31 Å². The van der Waals surface area contributed by atoms with Gasteiger partial charge in [0.2, 0.25) is 10.0 Å². The summed E-state index contributed by atoms with van der Waals surface area (Å²) in [5.74, 6) is 0.428. The van der Waals surface area contributed by atoms with E-state index in [0.29, 0.717) is 18.7 Å². The molecule has 0 aliphatic carbocycles. The molecule has 1 N–H and O–H groups in total. The molecule has 0 radical (unpaired) electrons. The van der Waals surface area contributed by atoms with Crippen LogP contribution < -0.4 is 4.74 Å². The summed E-state index contributed by atoms with van der Waals surface area (Å²) in [5.41, 5.74) is 0. The Bertz CT molecular complexity index is 546. The summed E-state index contributed by atoms with van der Waals surface area (Å²) in [5, 5.41) is 9.64. The SMILES string of the molecule is COc1ccc(S(=O)(=O)N2CC[C@@H](O)C2)cc1Cl. The molecule has 1 aromatic carbocycles. The zero-order valence-electron chi connectivity index (χ0n) is 9.84. The quantitative estimate of drug-likeness (QED) is 0.906. The first-order valence-electron chi connectivity index (χ1n) is 5.47. The summed E-state index contributed by atoms with van der Waals surface area (Å²) in [7, 11) is -2.12. The van der Waals surface area contributed by atoms with Crippen LogP contribution in [0.15, 0.2) is 23.1 Å². The van der Waals surface area contributed by atoms with Crippen LogP contribution in [0.4, 0.5) is 0 Å². The number of β-amino-alcohol motifs (C(OH)–C–C–N with tert-alkyl or cyclic N) is 1. The summed E-state index contributed by atoms with van der Waals surface area (Å²) in [4.78, 5) is 0.113. The van der Waals surface area contributed by atoms with E-state index in [-0.39, 0.29) is 16.5 Å². The predicted molar refractivity (Wildman–Crippen MR) is 67.4 cm³/mol. The second-order valence-electron chi connectivity index (χ2n) is 4.10. The third kappa shape index (κ3) is 2.47. The van der Waals surface area contributed by atoms with E-state index in [1.54, 1.807) is 0 Å². The van der Waals surface area contributed by atoms with E-state index in [0.717, 1.165) is 0 Å². The minimum atomic E-state index is -3.59. The molecule has 1 aliphatic heterocycles. The molecule has 7 heteroatoms. The average molecular weight is 292 g/mol. The van der Waals surface area contributed by atoms with E-state index in [1.807, 2.05) is 0 Å². The third-order valence-electron chi connectivity index (χ3n) is 2.89. The second kappa shape index (κ2) is 5.05. The molecular weight excluding hydrogens is 278 g/mol. The Morgan fingerprint density at radius 1 is 1.50 bits per heavy atom. The molecule has 100 valence electrons. The summed E-state index contributed by atoms with van der Waals surface area (Å²) < 4.78 is 30.7. The Morgan fingerprint density at radius 2 is 2.22 bits per heavy atom. The lowest BCUT2D eigenvalue weighted by Gasteiger charge is -2.16. The molecule has 0 bridgehead atoms. The second-order valence-corrected chi connectivity index (χ2v) is 6.45. The highest BCUT2D eigenvalue weighted by Crippen LogP contribution is 2.29. The fourth-order valence-electron chi connectivity index (χ4n) is 1.89. The van der Waals surface area contributed by atoms with Gasteiger partial charge in [0.05, 0.1) is 23.1 Å². The van der Waals surface area contributed by atoms with E-state index in [2.05, 4.69) is 0 Å². The van der Waals surface area contributed by atoms with E-state index >= 15 is 0 Å². The number of benzene rings is 1. The molecule has 0 spiro atoms. The van der Waals surface area contributed by atoms with Crippen LogP contribution in [0, 0.1) is 0 Å². The lowest BCUT2D eigenvalue weighted by Crippen LogP contribution is -2.29. The Labute approximate surface area is 111 Å². The zero-order valence-corrected chi connectivity index (χ0v) is 11.4. The van der Waals surface area contributed by atoms with Gasteiger partial charge in [0.25, 0.3) is 0 Å². The summed E-state index contributed by atoms with van der Waals surface area (Å²) in [6.07, 6.45) is -0.128. The van der Waals surface area contributed by atoms with Crippen LogP contribution in [0.3, 0.4) is 0 Å². The van der Waals surface area contributed by atoms with Crippen molar-refractivity contribution in [3.63, 3.8) is 0 Å². The van der Waals surface area contributed by atoms with Crippen LogP contribution in [-0.4, -0.2) is 44.1 Å². The van der Waals surface area contributed by atoms with Crippen LogP contribution in [0.5, 0.6) is 5.75 Å². The van der Waals surface area contributed by atoms with Crippen molar-refractivity contribution < 1.29 is 18.3 Å². The number of aliphatic hydroxyl groups is 1. The van der Waals surface area contributed by atoms with E-state index in [4.69, 9.17) is 16.3 Å². The minimum Gasteiger partial charge on any atom is -0.495 e. The fourth-order valence-corrected chi connectivity index (χ4v) is 3.73. The Balaban J connectivity index is 2.33. The van der Waals surface area contributed by atoms with Gasteiger partial charge in [-0.15, -0.1) is 0 Å². The molecule has 1 saturated heterocycles. The number of nitrogens with zero attached hydrogens (tertiary/aromatic N) is 1. The Hall–Kier alpha value is -0.820. The number of sulfonamides is 1. The van der Waals surface area contributed by atoms with Crippen molar-refractivity contribution in [3.05, 3.63) is 23.2 Å². The highest BCUT2D eigenvalue weighted by Gasteiger charge is 2.31. The highest BCUT2D eigenvalue weighted by molar-refractivity contribution is 7.89. The Morgan fingerprint density at radius 3 is 2.72 bits per heavy atom. The monoisotopic (exact) mass is 291 g/mol. The van der Waals surface area contributed by atoms with Crippen LogP contribution in [0.25, 0.3) is 0 Å². The van der Waals surface area contributed by atoms with Crippen LogP contribution in [-0.2, 0) is 10.0 Å². The molecule has 1 aliphatic rings. The molecule has 5 nitrogen and oxygen atoms in total. The number of ether oxygens (including phenoxy) is 1. The summed E-state index contributed by atoms with van der Waals surface area (Å²) in [6, 6.07) is 4.33. The van der Waals surface area contributed by atoms with Gasteiger partial charge >= 0.3 is 0 Å². The molecule has 2 rings (SSSR count). The smallest absolute Gasteiger partial charge is 0.243 e. The lowest BCUT2D eigenvalue weighted by molar-refractivity contribution is 0.189. The number of aliphatic hydroxyl groups excluding tert-OH is 1. The molecule has 1 aromatic rings. The van der Waals surface area contributed by atoms with Gasteiger partial charge in [-0.3, -0.25) is 0 Å². The molecule has 1 heterocycles. The standard InChI is InChI=1S/C11H14ClNO4S/c1-17-11-3-2-9(6-10(11)12)18(15,16)13-5-4-8(14)7-13/h2-3,6,8,14H,4-5,7H2,1H3/t8-/m1/s1. The number of methoxy groups -OCH3 is 1. The summed E-state index contributed by atoms with van der Waals surface area (Å²) in [6.45, 7) is 0.457. The van der Waals surface area contributed by atoms with Crippen molar-refractivity contribution in [3.8, 4) is 5.75 Å². The molecular formula is C11H14ClNO4S. The van der Waals surface area contributed by atoms with Gasteiger partial charge in [0, 0.05) is 13.1 Å². The molecule has 0 amide bonds. The topological polar surface area (TPSA) is 66.8 Å². The predicted octanol–water partition coefficient (Wildman–Crippen LogP) is 1.10. The summed E-state index contributed by atoms with van der Waals surface area (Å²) >= 11 is 5.91. The zero-order chi connectivity index (χ0) is 13.3. The maximum atomic E-state index is 12.2. The van der Waals surface area contributed by atoms with Crippen molar-refractivity contribution in [2.24, 2.45) is 0 Å². The highest BCUT2D eigenvalue weighted by atomic mass is 35.5.